The van der Waals surface area contributed by atoms with Crippen LogP contribution in [0.25, 0.3) is 34.2 Å². The fourth-order valence-electron chi connectivity index (χ4n) is 9.69. The predicted molar refractivity (Wildman–Crippen MR) is 268 cm³/mol. The average Bonchev–Trinajstić information content (AvgIpc) is 3.37. The quantitative estimate of drug-likeness (QED) is 0.0966. The molecule has 0 aliphatic heterocycles. The van der Waals surface area contributed by atoms with Gasteiger partial charge in [-0.25, -0.2) is 15.0 Å². The molecule has 0 bridgehead atoms. The van der Waals surface area contributed by atoms with Gasteiger partial charge in [0.25, 0.3) is 0 Å². The summed E-state index contributed by atoms with van der Waals surface area (Å²) in [4.78, 5) is 16.1. The van der Waals surface area contributed by atoms with Crippen LogP contribution >= 0.6 is 0 Å². The molecule has 1 aliphatic carbocycles. The first-order valence-electron chi connectivity index (χ1n) is 21.8. The van der Waals surface area contributed by atoms with E-state index in [2.05, 4.69) is 250 Å². The Hall–Kier alpha value is -7.32. The van der Waals surface area contributed by atoms with Crippen LogP contribution in [-0.2, 0) is 0 Å². The van der Waals surface area contributed by atoms with Crippen LogP contribution in [-0.4, -0.2) is 31.1 Å². The molecule has 0 unspecified atom stereocenters. The van der Waals surface area contributed by atoms with E-state index < -0.39 is 16.1 Å². The molecule has 3 nitrogen and oxygen atoms in total. The van der Waals surface area contributed by atoms with Gasteiger partial charge in [-0.05, 0) is 66.8 Å². The summed E-state index contributed by atoms with van der Waals surface area (Å²) in [5.41, 5.74) is 4.03. The van der Waals surface area contributed by atoms with Crippen LogP contribution in [0.15, 0.2) is 248 Å². The first kappa shape index (κ1) is 39.8. The summed E-state index contributed by atoms with van der Waals surface area (Å²) in [7, 11) is -5.58. The van der Waals surface area contributed by atoms with Crippen molar-refractivity contribution in [2.75, 3.05) is 0 Å². The fraction of sp³-hybridized carbons (Fsp3) is 0.0517. The maximum atomic E-state index is 5.43. The second-order valence-corrected chi connectivity index (χ2v) is 23.9. The van der Waals surface area contributed by atoms with Crippen molar-refractivity contribution < 1.29 is 0 Å². The van der Waals surface area contributed by atoms with Gasteiger partial charge in [0.1, 0.15) is 0 Å². The first-order valence-corrected chi connectivity index (χ1v) is 25.8. The minimum atomic E-state index is -2.82. The smallest absolute Gasteiger partial charge is 0.179 e. The van der Waals surface area contributed by atoms with E-state index in [1.165, 1.54) is 41.5 Å². The summed E-state index contributed by atoms with van der Waals surface area (Å²) in [5, 5.41) is 10.6. The topological polar surface area (TPSA) is 38.7 Å². The fourth-order valence-corrected chi connectivity index (χ4v) is 19.4. The van der Waals surface area contributed by atoms with E-state index in [0.717, 1.165) is 35.1 Å². The van der Waals surface area contributed by atoms with Crippen molar-refractivity contribution in [3.63, 3.8) is 0 Å². The molecule has 10 rings (SSSR count). The molecule has 0 atom stereocenters. The largest absolute Gasteiger partial charge is 0.208 e. The van der Waals surface area contributed by atoms with Crippen molar-refractivity contribution in [2.45, 2.75) is 19.8 Å². The third kappa shape index (κ3) is 7.35. The van der Waals surface area contributed by atoms with Crippen LogP contribution in [0.1, 0.15) is 18.4 Å². The van der Waals surface area contributed by atoms with Gasteiger partial charge in [-0.15, -0.1) is 0 Å². The van der Waals surface area contributed by atoms with E-state index in [1.54, 1.807) is 0 Å². The normalized spacial score (nSPS) is 12.7. The number of hydrogen-bond donors (Lipinski definition) is 0. The van der Waals surface area contributed by atoms with Crippen molar-refractivity contribution >= 4 is 52.5 Å². The first-order chi connectivity index (χ1) is 31.2. The lowest BCUT2D eigenvalue weighted by Crippen LogP contribution is -2.74. The number of aromatic nitrogens is 3. The van der Waals surface area contributed by atoms with Crippen LogP contribution in [0, 0.1) is 6.92 Å². The highest BCUT2D eigenvalue weighted by Gasteiger charge is 2.43. The standard InChI is InChI=1S/C58H47N3Si2/c1-44-24-20-21-41-55(44)58-60-56(45-25-22-39-53(42-45)62(47-27-8-2-9-28-47,48-29-10-3-11-30-48)49-31-12-4-13-32-49)59-57(61-58)46-26-23-40-54(43-46)63(50-33-14-5-15-34-50,51-35-16-6-17-36-51)52-37-18-7-19-38-52/h2-6,8-18,20-43H,7,19H2,1H3. The summed E-state index contributed by atoms with van der Waals surface area (Å²) < 4.78 is 0. The number of rotatable bonds is 11. The molecule has 9 aromatic rings. The second-order valence-electron chi connectivity index (χ2n) is 16.3. The summed E-state index contributed by atoms with van der Waals surface area (Å²) in [6.45, 7) is 2.13. The van der Waals surface area contributed by atoms with Crippen LogP contribution < -0.4 is 36.3 Å². The molecule has 0 saturated carbocycles. The molecule has 63 heavy (non-hydrogen) atoms. The molecule has 0 amide bonds. The summed E-state index contributed by atoms with van der Waals surface area (Å²) in [6, 6.07) is 81.9. The lowest BCUT2D eigenvalue weighted by molar-refractivity contribution is 1.03. The molecule has 8 aromatic carbocycles. The molecule has 1 aliphatic rings. The molecule has 1 heterocycles. The molecule has 0 fully saturated rings. The van der Waals surface area contributed by atoms with Gasteiger partial charge in [0.05, 0.1) is 0 Å². The van der Waals surface area contributed by atoms with Crippen LogP contribution in [0.5, 0.6) is 0 Å². The van der Waals surface area contributed by atoms with Gasteiger partial charge in [0.2, 0.25) is 0 Å². The van der Waals surface area contributed by atoms with E-state index in [0.29, 0.717) is 17.5 Å². The summed E-state index contributed by atoms with van der Waals surface area (Å²) in [5.74, 6) is 1.96. The Morgan fingerprint density at radius 3 is 1.16 bits per heavy atom. The Balaban J connectivity index is 1.20. The Kier molecular flexibility index (Phi) is 11.1. The zero-order chi connectivity index (χ0) is 42.5. The Bertz CT molecular complexity index is 2920. The molecule has 0 radical (unpaired) electrons. The minimum Gasteiger partial charge on any atom is -0.208 e. The highest BCUT2D eigenvalue weighted by molar-refractivity contribution is 7.20. The molecule has 1 aromatic heterocycles. The number of nitrogens with zero attached hydrogens (tertiary/aromatic N) is 3. The van der Waals surface area contributed by atoms with E-state index >= 15 is 0 Å². The number of allylic oxidation sites excluding steroid dienone is 4. The van der Waals surface area contributed by atoms with Crippen LogP contribution in [0.4, 0.5) is 0 Å². The second kappa shape index (κ2) is 17.6. The van der Waals surface area contributed by atoms with Crippen molar-refractivity contribution in [3.05, 3.63) is 253 Å². The minimum absolute atomic E-state index is 0.648. The van der Waals surface area contributed by atoms with Gasteiger partial charge in [-0.2, -0.15) is 0 Å². The molecule has 0 spiro atoms. The third-order valence-electron chi connectivity index (χ3n) is 12.6. The van der Waals surface area contributed by atoms with Gasteiger partial charge in [0.15, 0.2) is 33.6 Å². The zero-order valence-corrected chi connectivity index (χ0v) is 37.3. The monoisotopic (exact) mass is 841 g/mol. The van der Waals surface area contributed by atoms with E-state index in [1.807, 2.05) is 0 Å². The SMILES string of the molecule is Cc1ccccc1-c1nc(-c2cccc([Si](C3=CCCC=C3)(c3ccccc3)c3ccccc3)c2)nc(-c2cccc([Si](c3ccccc3)(c3ccccc3)c3ccccc3)c2)n1. The summed E-state index contributed by atoms with van der Waals surface area (Å²) >= 11 is 0. The number of aryl methyl sites for hydroxylation is 1. The van der Waals surface area contributed by atoms with Gasteiger partial charge >= 0.3 is 0 Å². The lowest BCUT2D eigenvalue weighted by atomic mass is 10.1. The zero-order valence-electron chi connectivity index (χ0n) is 35.3. The highest BCUT2D eigenvalue weighted by atomic mass is 28.3. The lowest BCUT2D eigenvalue weighted by Gasteiger charge is -2.36. The maximum absolute atomic E-state index is 5.43. The predicted octanol–water partition coefficient (Wildman–Crippen LogP) is 8.84. The van der Waals surface area contributed by atoms with Crippen LogP contribution in [0.3, 0.4) is 0 Å². The number of benzene rings is 8. The van der Waals surface area contributed by atoms with Crippen molar-refractivity contribution in [1.82, 2.24) is 15.0 Å². The number of hydrogen-bond acceptors (Lipinski definition) is 3. The Labute approximate surface area is 372 Å². The summed E-state index contributed by atoms with van der Waals surface area (Å²) in [6.07, 6.45) is 9.29. The molecule has 5 heteroatoms. The third-order valence-corrected chi connectivity index (χ3v) is 22.2. The molecule has 302 valence electrons. The molecule has 0 saturated heterocycles. The van der Waals surface area contributed by atoms with Gasteiger partial charge in [-0.1, -0.05) is 243 Å². The van der Waals surface area contributed by atoms with Crippen LogP contribution in [0.2, 0.25) is 0 Å². The Morgan fingerprint density at radius 1 is 0.349 bits per heavy atom. The van der Waals surface area contributed by atoms with Gasteiger partial charge in [-0.3, -0.25) is 0 Å². The molecular formula is C58H47N3Si2. The van der Waals surface area contributed by atoms with Gasteiger partial charge < -0.3 is 0 Å². The average molecular weight is 842 g/mol. The van der Waals surface area contributed by atoms with E-state index in [-0.39, 0.29) is 0 Å². The molecule has 0 N–H and O–H groups in total. The maximum Gasteiger partial charge on any atom is 0.179 e. The van der Waals surface area contributed by atoms with E-state index in [4.69, 9.17) is 15.0 Å². The van der Waals surface area contributed by atoms with E-state index in [9.17, 15) is 0 Å². The molecular weight excluding hydrogens is 795 g/mol. The Morgan fingerprint density at radius 2 is 0.730 bits per heavy atom. The van der Waals surface area contributed by atoms with Gasteiger partial charge in [0, 0.05) is 16.7 Å². The van der Waals surface area contributed by atoms with Crippen molar-refractivity contribution in [3.8, 4) is 34.2 Å². The highest BCUT2D eigenvalue weighted by Crippen LogP contribution is 2.29. The van der Waals surface area contributed by atoms with Crippen molar-refractivity contribution in [2.24, 2.45) is 0 Å². The van der Waals surface area contributed by atoms with Crippen molar-refractivity contribution in [1.29, 1.82) is 0 Å².